The highest BCUT2D eigenvalue weighted by Crippen LogP contribution is 2.32. The number of hydrogen-bond acceptors (Lipinski definition) is 9. The van der Waals surface area contributed by atoms with Crippen LogP contribution in [0.3, 0.4) is 0 Å². The molecule has 0 amide bonds. The zero-order chi connectivity index (χ0) is 28.7. The molecule has 5 atom stereocenters. The molecular weight excluding hydrogens is 516 g/mol. The molecule has 214 valence electrons. The molecule has 0 fully saturated rings. The largest absolute Gasteiger partial charge is 0.457 e. The van der Waals surface area contributed by atoms with Gasteiger partial charge in [-0.3, -0.25) is 9.59 Å². The third kappa shape index (κ3) is 8.43. The van der Waals surface area contributed by atoms with E-state index in [-0.39, 0.29) is 18.1 Å². The SMILES string of the molecule is C/C(=C\c1csc(C)n1)[C@@H]1C/C=C(/Cc2ncco2)CCC[C@H](C)[C@H](O)[C@@H](C)C(=O)C(C)(C)[C@@H](O)CC(=O)O1. The monoisotopic (exact) mass is 558 g/mol. The summed E-state index contributed by atoms with van der Waals surface area (Å²) in [6.07, 6.45) is 7.38. The van der Waals surface area contributed by atoms with Gasteiger partial charge in [-0.25, -0.2) is 9.97 Å². The molecule has 2 N–H and O–H groups in total. The van der Waals surface area contributed by atoms with Gasteiger partial charge in [-0.15, -0.1) is 11.3 Å². The molecule has 2 aromatic heterocycles. The van der Waals surface area contributed by atoms with Gasteiger partial charge >= 0.3 is 5.97 Å². The minimum Gasteiger partial charge on any atom is -0.457 e. The minimum absolute atomic E-state index is 0.114. The topological polar surface area (TPSA) is 123 Å². The van der Waals surface area contributed by atoms with Crippen LogP contribution in [0.5, 0.6) is 0 Å². The Labute approximate surface area is 235 Å². The smallest absolute Gasteiger partial charge is 0.309 e. The summed E-state index contributed by atoms with van der Waals surface area (Å²) in [4.78, 5) is 35.2. The van der Waals surface area contributed by atoms with E-state index in [0.717, 1.165) is 41.1 Å². The Morgan fingerprint density at radius 2 is 2.00 bits per heavy atom. The van der Waals surface area contributed by atoms with Gasteiger partial charge in [0.15, 0.2) is 5.89 Å². The highest BCUT2D eigenvalue weighted by atomic mass is 32.1. The Hall–Kier alpha value is -2.62. The van der Waals surface area contributed by atoms with Crippen molar-refractivity contribution >= 4 is 29.2 Å². The molecule has 0 unspecified atom stereocenters. The van der Waals surface area contributed by atoms with Crippen LogP contribution < -0.4 is 0 Å². The Morgan fingerprint density at radius 1 is 1.26 bits per heavy atom. The molecule has 2 aromatic rings. The molecule has 0 bridgehead atoms. The van der Waals surface area contributed by atoms with E-state index in [2.05, 4.69) is 16.0 Å². The van der Waals surface area contributed by atoms with Crippen LogP contribution in [-0.4, -0.2) is 50.2 Å². The van der Waals surface area contributed by atoms with Gasteiger partial charge in [-0.1, -0.05) is 39.3 Å². The van der Waals surface area contributed by atoms with Crippen molar-refractivity contribution in [1.29, 1.82) is 0 Å². The number of ketones is 1. The number of rotatable bonds is 4. The number of thiazole rings is 1. The molecule has 0 saturated carbocycles. The summed E-state index contributed by atoms with van der Waals surface area (Å²) in [5.74, 6) is -1.06. The van der Waals surface area contributed by atoms with Gasteiger partial charge in [0.2, 0.25) is 0 Å². The molecule has 1 aliphatic heterocycles. The lowest BCUT2D eigenvalue weighted by Gasteiger charge is -2.34. The van der Waals surface area contributed by atoms with E-state index in [4.69, 9.17) is 9.15 Å². The first-order chi connectivity index (χ1) is 18.4. The molecule has 0 spiro atoms. The number of esters is 1. The predicted octanol–water partition coefficient (Wildman–Crippen LogP) is 5.48. The van der Waals surface area contributed by atoms with Crippen LogP contribution in [-0.2, 0) is 20.7 Å². The minimum atomic E-state index is -1.25. The zero-order valence-electron chi connectivity index (χ0n) is 23.8. The Bertz CT molecular complexity index is 1170. The molecule has 0 saturated heterocycles. The van der Waals surface area contributed by atoms with Crippen molar-refractivity contribution in [2.45, 2.75) is 98.4 Å². The number of cyclic esters (lactones) is 1. The van der Waals surface area contributed by atoms with Crippen LogP contribution in [0.25, 0.3) is 6.08 Å². The maximum Gasteiger partial charge on any atom is 0.309 e. The highest BCUT2D eigenvalue weighted by Gasteiger charge is 2.42. The van der Waals surface area contributed by atoms with Gasteiger partial charge in [0.1, 0.15) is 18.2 Å². The number of hydrogen-bond donors (Lipinski definition) is 2. The number of Topliss-reactive ketones (excluding diaryl/α,β-unsaturated/α-hetero) is 1. The van der Waals surface area contributed by atoms with E-state index in [9.17, 15) is 19.8 Å². The predicted molar refractivity (Wildman–Crippen MR) is 151 cm³/mol. The van der Waals surface area contributed by atoms with Crippen LogP contribution >= 0.6 is 11.3 Å². The van der Waals surface area contributed by atoms with E-state index in [1.54, 1.807) is 44.6 Å². The fourth-order valence-corrected chi connectivity index (χ4v) is 5.58. The van der Waals surface area contributed by atoms with Crippen LogP contribution in [0.15, 0.2) is 39.5 Å². The number of carbonyl (C=O) groups excluding carboxylic acids is 2. The number of aliphatic hydroxyl groups is 2. The second kappa shape index (κ2) is 13.6. The van der Waals surface area contributed by atoms with Gasteiger partial charge in [0.05, 0.1) is 40.9 Å². The van der Waals surface area contributed by atoms with E-state index < -0.39 is 35.6 Å². The first-order valence-electron chi connectivity index (χ1n) is 13.6. The summed E-state index contributed by atoms with van der Waals surface area (Å²) in [5, 5.41) is 24.8. The third-order valence-corrected chi connectivity index (χ3v) is 8.56. The van der Waals surface area contributed by atoms with Crippen molar-refractivity contribution in [2.24, 2.45) is 17.3 Å². The van der Waals surface area contributed by atoms with Gasteiger partial charge in [-0.05, 0) is 50.7 Å². The lowest BCUT2D eigenvalue weighted by molar-refractivity contribution is -0.154. The van der Waals surface area contributed by atoms with Crippen LogP contribution in [0.1, 0.15) is 83.3 Å². The third-order valence-electron chi connectivity index (χ3n) is 7.77. The number of nitrogens with zero attached hydrogens (tertiary/aromatic N) is 2. The van der Waals surface area contributed by atoms with E-state index in [1.165, 1.54) is 0 Å². The zero-order valence-corrected chi connectivity index (χ0v) is 24.7. The summed E-state index contributed by atoms with van der Waals surface area (Å²) in [6.45, 7) is 10.7. The van der Waals surface area contributed by atoms with Crippen LogP contribution in [0.4, 0.5) is 0 Å². The van der Waals surface area contributed by atoms with Gasteiger partial charge in [-0.2, -0.15) is 0 Å². The van der Waals surface area contributed by atoms with Crippen LogP contribution in [0, 0.1) is 24.2 Å². The maximum atomic E-state index is 13.3. The normalized spacial score (nSPS) is 29.5. The fraction of sp³-hybridized carbons (Fsp3) is 0.600. The lowest BCUT2D eigenvalue weighted by Crippen LogP contribution is -2.45. The Morgan fingerprint density at radius 3 is 2.64 bits per heavy atom. The quantitative estimate of drug-likeness (QED) is 0.374. The molecule has 0 aromatic carbocycles. The van der Waals surface area contributed by atoms with Gasteiger partial charge in [0, 0.05) is 24.1 Å². The Kier molecular flexibility index (Phi) is 10.8. The Balaban J connectivity index is 1.94. The number of aromatic nitrogens is 2. The summed E-state index contributed by atoms with van der Waals surface area (Å²) >= 11 is 1.55. The summed E-state index contributed by atoms with van der Waals surface area (Å²) in [5.41, 5.74) is 1.50. The highest BCUT2D eigenvalue weighted by molar-refractivity contribution is 7.09. The second-order valence-corrected chi connectivity index (χ2v) is 12.4. The molecule has 3 heterocycles. The van der Waals surface area contributed by atoms with Crippen molar-refractivity contribution in [3.05, 3.63) is 51.7 Å². The van der Waals surface area contributed by atoms with Gasteiger partial charge < -0.3 is 19.4 Å². The average molecular weight is 559 g/mol. The fourth-order valence-electron chi connectivity index (χ4n) is 5.01. The number of carbonyl (C=O) groups is 2. The van der Waals surface area contributed by atoms with Crippen molar-refractivity contribution in [3.8, 4) is 0 Å². The molecule has 9 heteroatoms. The lowest BCUT2D eigenvalue weighted by atomic mass is 9.73. The molecule has 3 rings (SSSR count). The van der Waals surface area contributed by atoms with Crippen molar-refractivity contribution < 1.29 is 29.0 Å². The second-order valence-electron chi connectivity index (χ2n) is 11.3. The number of ether oxygens (including phenoxy) is 1. The first-order valence-corrected chi connectivity index (χ1v) is 14.5. The summed E-state index contributed by atoms with van der Waals surface area (Å²) in [7, 11) is 0. The van der Waals surface area contributed by atoms with Gasteiger partial charge in [0.25, 0.3) is 0 Å². The number of oxazole rings is 1. The molecule has 39 heavy (non-hydrogen) atoms. The molecule has 0 radical (unpaired) electrons. The first kappa shape index (κ1) is 30.9. The summed E-state index contributed by atoms with van der Waals surface area (Å²) < 4.78 is 11.4. The van der Waals surface area contributed by atoms with Crippen LogP contribution in [0.2, 0.25) is 0 Å². The molecule has 0 aliphatic carbocycles. The number of aryl methyl sites for hydroxylation is 1. The van der Waals surface area contributed by atoms with Crippen molar-refractivity contribution in [1.82, 2.24) is 9.97 Å². The van der Waals surface area contributed by atoms with E-state index in [0.29, 0.717) is 18.7 Å². The van der Waals surface area contributed by atoms with E-state index >= 15 is 0 Å². The standard InChI is InChI=1S/C30H42N2O6S/c1-18-8-7-9-22(15-26-31-12-13-37-26)10-11-24(19(2)14-23-17-39-21(4)32-23)38-27(34)16-25(33)30(5,6)29(36)20(3)28(18)35/h10,12-14,17-18,20,24-25,28,33,35H,7-9,11,15-16H2,1-6H3/b19-14+,22-10+/t18-,20+,24-,25-,28-/m0/s1. The van der Waals surface area contributed by atoms with E-state index in [1.807, 2.05) is 32.2 Å². The van der Waals surface area contributed by atoms with Crippen molar-refractivity contribution in [3.63, 3.8) is 0 Å². The molecule has 8 nitrogen and oxygen atoms in total. The molecular formula is C30H42N2O6S. The summed E-state index contributed by atoms with van der Waals surface area (Å²) in [6, 6.07) is 0. The maximum absolute atomic E-state index is 13.3. The van der Waals surface area contributed by atoms with Crippen molar-refractivity contribution in [2.75, 3.05) is 0 Å². The average Bonchev–Trinajstić information content (AvgIpc) is 3.55. The molecule has 1 aliphatic rings. The number of aliphatic hydroxyl groups excluding tert-OH is 2. The number of allylic oxidation sites excluding steroid dienone is 1.